The molecular formula is C14H17BN2O2S2. The smallest absolute Gasteiger partial charge is 0.229 e. The van der Waals surface area contributed by atoms with Gasteiger partial charge in [0.2, 0.25) is 10.0 Å². The molecular weight excluding hydrogens is 303 g/mol. The Bertz CT molecular complexity index is 777. The Labute approximate surface area is 130 Å². The van der Waals surface area contributed by atoms with E-state index < -0.39 is 10.0 Å². The van der Waals surface area contributed by atoms with E-state index in [9.17, 15) is 8.42 Å². The standard InChI is InChI=1S/C14H17BN2O2S2/c1-9-6-10(17-21(3,18)19)4-5-11(9)12-7-16-8-13(15)14(12)20-2/h4-8,17H,15H2,1-3H3. The molecule has 0 radical (unpaired) electrons. The lowest BCUT2D eigenvalue weighted by atomic mass is 9.93. The highest BCUT2D eigenvalue weighted by atomic mass is 32.2. The summed E-state index contributed by atoms with van der Waals surface area (Å²) in [4.78, 5) is 5.46. The van der Waals surface area contributed by atoms with Gasteiger partial charge >= 0.3 is 0 Å². The molecule has 0 aliphatic rings. The Morgan fingerprint density at radius 2 is 1.95 bits per heavy atom. The van der Waals surface area contributed by atoms with Gasteiger partial charge in [-0.3, -0.25) is 9.71 Å². The van der Waals surface area contributed by atoms with Crippen LogP contribution in [0.3, 0.4) is 0 Å². The fourth-order valence-corrected chi connectivity index (χ4v) is 3.57. The molecule has 0 fully saturated rings. The molecule has 1 N–H and O–H groups in total. The zero-order valence-electron chi connectivity index (χ0n) is 12.5. The molecule has 0 aliphatic heterocycles. The third kappa shape index (κ3) is 3.80. The molecule has 0 saturated heterocycles. The summed E-state index contributed by atoms with van der Waals surface area (Å²) in [6.45, 7) is 1.97. The second kappa shape index (κ2) is 6.11. The number of benzene rings is 1. The van der Waals surface area contributed by atoms with E-state index in [-0.39, 0.29) is 0 Å². The second-order valence-electron chi connectivity index (χ2n) is 4.94. The van der Waals surface area contributed by atoms with Crippen molar-refractivity contribution in [1.82, 2.24) is 4.98 Å². The number of nitrogens with one attached hydrogen (secondary N) is 1. The van der Waals surface area contributed by atoms with Crippen LogP contribution < -0.4 is 10.2 Å². The van der Waals surface area contributed by atoms with Gasteiger partial charge < -0.3 is 0 Å². The predicted molar refractivity (Wildman–Crippen MR) is 92.8 cm³/mol. The van der Waals surface area contributed by atoms with Crippen molar-refractivity contribution in [2.75, 3.05) is 17.2 Å². The first-order valence-corrected chi connectivity index (χ1v) is 9.51. The van der Waals surface area contributed by atoms with E-state index in [0.29, 0.717) is 5.69 Å². The van der Waals surface area contributed by atoms with Gasteiger partial charge in [0.25, 0.3) is 0 Å². The maximum Gasteiger partial charge on any atom is 0.229 e. The number of hydrogen-bond donors (Lipinski definition) is 1. The molecule has 0 atom stereocenters. The Kier molecular flexibility index (Phi) is 4.63. The average molecular weight is 320 g/mol. The number of rotatable bonds is 4. The fraction of sp³-hybridized carbons (Fsp3) is 0.214. The summed E-state index contributed by atoms with van der Waals surface area (Å²) in [5.74, 6) is 0. The molecule has 21 heavy (non-hydrogen) atoms. The average Bonchev–Trinajstić information content (AvgIpc) is 2.36. The molecule has 0 saturated carbocycles. The maximum atomic E-state index is 11.3. The van der Waals surface area contributed by atoms with Crippen molar-refractivity contribution in [2.24, 2.45) is 0 Å². The second-order valence-corrected chi connectivity index (χ2v) is 7.51. The van der Waals surface area contributed by atoms with Crippen molar-refractivity contribution in [1.29, 1.82) is 0 Å². The molecule has 1 heterocycles. The molecule has 0 unspecified atom stereocenters. The summed E-state index contributed by atoms with van der Waals surface area (Å²) in [7, 11) is -1.22. The van der Waals surface area contributed by atoms with Crippen molar-refractivity contribution in [2.45, 2.75) is 11.8 Å². The summed E-state index contributed by atoms with van der Waals surface area (Å²) in [6.07, 6.45) is 6.89. The van der Waals surface area contributed by atoms with E-state index in [0.717, 1.165) is 28.4 Å². The van der Waals surface area contributed by atoms with Gasteiger partial charge in [-0.1, -0.05) is 11.5 Å². The van der Waals surface area contributed by atoms with Gasteiger partial charge in [-0.2, -0.15) is 0 Å². The minimum Gasteiger partial charge on any atom is -0.284 e. The Morgan fingerprint density at radius 1 is 1.24 bits per heavy atom. The lowest BCUT2D eigenvalue weighted by Crippen LogP contribution is -2.10. The highest BCUT2D eigenvalue weighted by Gasteiger charge is 2.11. The molecule has 1 aromatic carbocycles. The third-order valence-corrected chi connectivity index (χ3v) is 4.66. The van der Waals surface area contributed by atoms with Crippen LogP contribution in [-0.2, 0) is 10.0 Å². The molecule has 0 bridgehead atoms. The molecule has 4 nitrogen and oxygen atoms in total. The van der Waals surface area contributed by atoms with Gasteiger partial charge in [-0.25, -0.2) is 8.42 Å². The Morgan fingerprint density at radius 3 is 2.52 bits per heavy atom. The first-order chi connectivity index (χ1) is 9.81. The maximum absolute atomic E-state index is 11.3. The summed E-state index contributed by atoms with van der Waals surface area (Å²) in [6, 6.07) is 5.54. The van der Waals surface area contributed by atoms with E-state index in [2.05, 4.69) is 9.71 Å². The van der Waals surface area contributed by atoms with E-state index in [1.807, 2.05) is 45.6 Å². The van der Waals surface area contributed by atoms with Crippen molar-refractivity contribution < 1.29 is 8.42 Å². The molecule has 0 amide bonds. The van der Waals surface area contributed by atoms with Gasteiger partial charge in [0.15, 0.2) is 0 Å². The van der Waals surface area contributed by atoms with Crippen molar-refractivity contribution >= 4 is 40.8 Å². The van der Waals surface area contributed by atoms with Crippen molar-refractivity contribution in [3.63, 3.8) is 0 Å². The quantitative estimate of drug-likeness (QED) is 0.683. The summed E-state index contributed by atoms with van der Waals surface area (Å²) >= 11 is 1.69. The van der Waals surface area contributed by atoms with E-state index in [1.54, 1.807) is 17.8 Å². The van der Waals surface area contributed by atoms with Gasteiger partial charge in [0.1, 0.15) is 7.85 Å². The molecule has 0 spiro atoms. The van der Waals surface area contributed by atoms with Crippen LogP contribution in [0.15, 0.2) is 35.5 Å². The van der Waals surface area contributed by atoms with Gasteiger partial charge in [0, 0.05) is 28.5 Å². The van der Waals surface area contributed by atoms with Crippen LogP contribution in [0, 0.1) is 6.92 Å². The predicted octanol–water partition coefficient (Wildman–Crippen LogP) is 1.41. The number of aryl methyl sites for hydroxylation is 1. The summed E-state index contributed by atoms with van der Waals surface area (Å²) in [5, 5.41) is 0. The lowest BCUT2D eigenvalue weighted by Gasteiger charge is -2.14. The number of anilines is 1. The lowest BCUT2D eigenvalue weighted by molar-refractivity contribution is 0.607. The van der Waals surface area contributed by atoms with E-state index in [4.69, 9.17) is 0 Å². The highest BCUT2D eigenvalue weighted by Crippen LogP contribution is 2.31. The third-order valence-electron chi connectivity index (χ3n) is 3.10. The molecule has 7 heteroatoms. The van der Waals surface area contributed by atoms with Crippen molar-refractivity contribution in [3.8, 4) is 11.1 Å². The molecule has 110 valence electrons. The van der Waals surface area contributed by atoms with Crippen molar-refractivity contribution in [3.05, 3.63) is 36.2 Å². The first kappa shape index (κ1) is 15.9. The van der Waals surface area contributed by atoms with Gasteiger partial charge in [-0.05, 0) is 36.4 Å². The zero-order valence-corrected chi connectivity index (χ0v) is 14.1. The minimum absolute atomic E-state index is 0.574. The number of hydrogen-bond acceptors (Lipinski definition) is 4. The van der Waals surface area contributed by atoms with Crippen LogP contribution in [0.1, 0.15) is 5.56 Å². The first-order valence-electron chi connectivity index (χ1n) is 6.39. The van der Waals surface area contributed by atoms with Crippen LogP contribution in [0.4, 0.5) is 5.69 Å². The monoisotopic (exact) mass is 320 g/mol. The van der Waals surface area contributed by atoms with Crippen LogP contribution in [0.2, 0.25) is 0 Å². The topological polar surface area (TPSA) is 59.1 Å². The number of pyridine rings is 1. The number of sulfonamides is 1. The molecule has 0 aliphatic carbocycles. The number of aromatic nitrogens is 1. The SMILES string of the molecule is Bc1cncc(-c2ccc(NS(C)(=O)=O)cc2C)c1SC. The molecule has 2 rings (SSSR count). The number of thioether (sulfide) groups is 1. The summed E-state index contributed by atoms with van der Waals surface area (Å²) < 4.78 is 25.1. The largest absolute Gasteiger partial charge is 0.284 e. The van der Waals surface area contributed by atoms with Crippen LogP contribution in [-0.4, -0.2) is 33.8 Å². The van der Waals surface area contributed by atoms with E-state index in [1.165, 1.54) is 4.90 Å². The normalized spacial score (nSPS) is 11.4. The number of nitrogens with zero attached hydrogens (tertiary/aromatic N) is 1. The van der Waals surface area contributed by atoms with Crippen LogP contribution in [0.25, 0.3) is 11.1 Å². The van der Waals surface area contributed by atoms with Gasteiger partial charge in [0.05, 0.1) is 6.26 Å². The van der Waals surface area contributed by atoms with E-state index >= 15 is 0 Å². The zero-order chi connectivity index (χ0) is 15.6. The van der Waals surface area contributed by atoms with Crippen LogP contribution >= 0.6 is 11.8 Å². The Balaban J connectivity index is 2.50. The minimum atomic E-state index is -3.26. The highest BCUT2D eigenvalue weighted by molar-refractivity contribution is 7.99. The van der Waals surface area contributed by atoms with Crippen LogP contribution in [0.5, 0.6) is 0 Å². The Hall–Kier alpha value is -1.47. The fourth-order valence-electron chi connectivity index (χ4n) is 2.26. The molecule has 2 aromatic rings. The summed E-state index contributed by atoms with van der Waals surface area (Å²) in [5.41, 5.74) is 4.86. The van der Waals surface area contributed by atoms with Gasteiger partial charge in [-0.15, -0.1) is 11.8 Å². The molecule has 1 aromatic heterocycles.